The van der Waals surface area contributed by atoms with E-state index in [0.717, 1.165) is 5.02 Å². The number of piperidine rings is 1. The number of nitrogens with zero attached hydrogens (tertiary/aromatic N) is 1. The lowest BCUT2D eigenvalue weighted by Gasteiger charge is -2.29. The molecule has 76 valence electrons. The molecular formula is C12H16ClN. The molecule has 1 nitrogen and oxygen atoms in total. The summed E-state index contributed by atoms with van der Waals surface area (Å²) in [7, 11) is 0. The summed E-state index contributed by atoms with van der Waals surface area (Å²) in [6.07, 6.45) is 4.02. The van der Waals surface area contributed by atoms with E-state index in [0.29, 0.717) is 0 Å². The third-order valence-electron chi connectivity index (χ3n) is 2.86. The number of aryl methyl sites for hydroxylation is 1. The van der Waals surface area contributed by atoms with Crippen molar-refractivity contribution in [1.29, 1.82) is 0 Å². The van der Waals surface area contributed by atoms with Crippen LogP contribution in [0.1, 0.15) is 24.8 Å². The molecule has 0 aromatic heterocycles. The van der Waals surface area contributed by atoms with Gasteiger partial charge in [0.25, 0.3) is 0 Å². The largest absolute Gasteiger partial charge is 0.372 e. The van der Waals surface area contributed by atoms with Gasteiger partial charge in [-0.2, -0.15) is 0 Å². The van der Waals surface area contributed by atoms with Crippen LogP contribution in [0, 0.1) is 6.92 Å². The van der Waals surface area contributed by atoms with Gasteiger partial charge in [-0.1, -0.05) is 11.6 Å². The third kappa shape index (κ3) is 2.03. The summed E-state index contributed by atoms with van der Waals surface area (Å²) in [5.74, 6) is 0. The highest BCUT2D eigenvalue weighted by Gasteiger charge is 2.11. The maximum atomic E-state index is 6.00. The first-order chi connectivity index (χ1) is 6.77. The van der Waals surface area contributed by atoms with E-state index in [-0.39, 0.29) is 0 Å². The number of rotatable bonds is 1. The average Bonchev–Trinajstić information content (AvgIpc) is 2.23. The lowest BCUT2D eigenvalue weighted by Crippen LogP contribution is -2.29. The lowest BCUT2D eigenvalue weighted by molar-refractivity contribution is 0.578. The van der Waals surface area contributed by atoms with Gasteiger partial charge in [0.1, 0.15) is 0 Å². The second-order valence-corrected chi connectivity index (χ2v) is 4.39. The molecule has 14 heavy (non-hydrogen) atoms. The first-order valence-corrected chi connectivity index (χ1v) is 5.66. The van der Waals surface area contributed by atoms with Crippen LogP contribution in [0.3, 0.4) is 0 Å². The lowest BCUT2D eigenvalue weighted by atomic mass is 10.1. The summed E-state index contributed by atoms with van der Waals surface area (Å²) in [5, 5.41) is 0.866. The quantitative estimate of drug-likeness (QED) is 0.683. The van der Waals surface area contributed by atoms with Crippen LogP contribution in [0.5, 0.6) is 0 Å². The molecule has 1 fully saturated rings. The molecule has 2 heteroatoms. The molecule has 0 spiro atoms. The highest BCUT2D eigenvalue weighted by Crippen LogP contribution is 2.24. The standard InChI is InChI=1S/C12H16ClN/c1-10-9-11(5-6-12(10)13)14-7-3-2-4-8-14/h5-6,9H,2-4,7-8H2,1H3. The number of hydrogen-bond donors (Lipinski definition) is 0. The van der Waals surface area contributed by atoms with Gasteiger partial charge < -0.3 is 4.90 Å². The van der Waals surface area contributed by atoms with Gasteiger partial charge in [0.15, 0.2) is 0 Å². The van der Waals surface area contributed by atoms with E-state index >= 15 is 0 Å². The zero-order valence-electron chi connectivity index (χ0n) is 8.59. The van der Waals surface area contributed by atoms with Crippen molar-refractivity contribution in [2.45, 2.75) is 26.2 Å². The molecule has 1 heterocycles. The summed E-state index contributed by atoms with van der Waals surface area (Å²) in [6, 6.07) is 6.31. The molecule has 0 atom stereocenters. The van der Waals surface area contributed by atoms with E-state index in [2.05, 4.69) is 24.0 Å². The van der Waals surface area contributed by atoms with Crippen LogP contribution >= 0.6 is 11.6 Å². The molecule has 0 unspecified atom stereocenters. The van der Waals surface area contributed by atoms with Crippen LogP contribution in [0.15, 0.2) is 18.2 Å². The monoisotopic (exact) mass is 209 g/mol. The fourth-order valence-electron chi connectivity index (χ4n) is 1.98. The van der Waals surface area contributed by atoms with E-state index in [1.165, 1.54) is 43.6 Å². The number of anilines is 1. The number of halogens is 1. The Morgan fingerprint density at radius 3 is 2.50 bits per heavy atom. The first kappa shape index (κ1) is 9.85. The Bertz CT molecular complexity index is 316. The molecule has 1 aromatic carbocycles. The fourth-order valence-corrected chi connectivity index (χ4v) is 2.10. The zero-order chi connectivity index (χ0) is 9.97. The molecule has 0 radical (unpaired) electrons. The predicted molar refractivity (Wildman–Crippen MR) is 62.3 cm³/mol. The Morgan fingerprint density at radius 1 is 1.14 bits per heavy atom. The molecule has 1 aromatic rings. The number of benzene rings is 1. The van der Waals surface area contributed by atoms with Crippen molar-refractivity contribution in [1.82, 2.24) is 0 Å². The Morgan fingerprint density at radius 2 is 1.86 bits per heavy atom. The topological polar surface area (TPSA) is 3.24 Å². The van der Waals surface area contributed by atoms with Crippen molar-refractivity contribution < 1.29 is 0 Å². The van der Waals surface area contributed by atoms with Crippen molar-refractivity contribution in [3.63, 3.8) is 0 Å². The van der Waals surface area contributed by atoms with E-state index in [4.69, 9.17) is 11.6 Å². The SMILES string of the molecule is Cc1cc(N2CCCCC2)ccc1Cl. The molecule has 0 aliphatic carbocycles. The van der Waals surface area contributed by atoms with Gasteiger partial charge in [-0.05, 0) is 49.9 Å². The van der Waals surface area contributed by atoms with Gasteiger partial charge in [-0.25, -0.2) is 0 Å². The fraction of sp³-hybridized carbons (Fsp3) is 0.500. The minimum absolute atomic E-state index is 0.866. The predicted octanol–water partition coefficient (Wildman–Crippen LogP) is 3.64. The molecule has 1 aliphatic heterocycles. The summed E-state index contributed by atoms with van der Waals surface area (Å²) in [6.45, 7) is 4.46. The van der Waals surface area contributed by atoms with Crippen LogP contribution in [0.25, 0.3) is 0 Å². The Hall–Kier alpha value is -0.690. The van der Waals surface area contributed by atoms with Crippen LogP contribution in [-0.4, -0.2) is 13.1 Å². The molecule has 0 N–H and O–H groups in total. The van der Waals surface area contributed by atoms with Gasteiger partial charge in [0, 0.05) is 23.8 Å². The van der Waals surface area contributed by atoms with Crippen LogP contribution < -0.4 is 4.90 Å². The molecule has 2 rings (SSSR count). The van der Waals surface area contributed by atoms with E-state index in [1.54, 1.807) is 0 Å². The second kappa shape index (κ2) is 4.22. The van der Waals surface area contributed by atoms with Gasteiger partial charge in [-0.3, -0.25) is 0 Å². The molecule has 1 saturated heterocycles. The minimum atomic E-state index is 0.866. The van der Waals surface area contributed by atoms with E-state index in [9.17, 15) is 0 Å². The first-order valence-electron chi connectivity index (χ1n) is 5.28. The van der Waals surface area contributed by atoms with Crippen molar-refractivity contribution in [3.8, 4) is 0 Å². The highest BCUT2D eigenvalue weighted by molar-refractivity contribution is 6.31. The summed E-state index contributed by atoms with van der Waals surface area (Å²) in [5.41, 5.74) is 2.50. The Labute approximate surface area is 90.7 Å². The molecule has 0 bridgehead atoms. The summed E-state index contributed by atoms with van der Waals surface area (Å²) < 4.78 is 0. The molecule has 1 aliphatic rings. The second-order valence-electron chi connectivity index (χ2n) is 3.98. The smallest absolute Gasteiger partial charge is 0.0436 e. The van der Waals surface area contributed by atoms with Crippen LogP contribution in [-0.2, 0) is 0 Å². The van der Waals surface area contributed by atoms with Crippen molar-refractivity contribution >= 4 is 17.3 Å². The Kier molecular flexibility index (Phi) is 2.97. The normalized spacial score (nSPS) is 17.1. The highest BCUT2D eigenvalue weighted by atomic mass is 35.5. The molecular weight excluding hydrogens is 194 g/mol. The zero-order valence-corrected chi connectivity index (χ0v) is 9.35. The van der Waals surface area contributed by atoms with Crippen molar-refractivity contribution in [3.05, 3.63) is 28.8 Å². The van der Waals surface area contributed by atoms with Gasteiger partial charge >= 0.3 is 0 Å². The number of hydrogen-bond acceptors (Lipinski definition) is 1. The van der Waals surface area contributed by atoms with E-state index in [1.807, 2.05) is 6.07 Å². The maximum absolute atomic E-state index is 6.00. The van der Waals surface area contributed by atoms with Crippen LogP contribution in [0.4, 0.5) is 5.69 Å². The molecule has 0 amide bonds. The van der Waals surface area contributed by atoms with Gasteiger partial charge in [-0.15, -0.1) is 0 Å². The third-order valence-corrected chi connectivity index (χ3v) is 3.29. The van der Waals surface area contributed by atoms with Gasteiger partial charge in [0.05, 0.1) is 0 Å². The minimum Gasteiger partial charge on any atom is -0.372 e. The van der Waals surface area contributed by atoms with Gasteiger partial charge in [0.2, 0.25) is 0 Å². The molecule has 0 saturated carbocycles. The van der Waals surface area contributed by atoms with Crippen molar-refractivity contribution in [2.24, 2.45) is 0 Å². The van der Waals surface area contributed by atoms with E-state index < -0.39 is 0 Å². The summed E-state index contributed by atoms with van der Waals surface area (Å²) >= 11 is 6.00. The average molecular weight is 210 g/mol. The summed E-state index contributed by atoms with van der Waals surface area (Å²) in [4.78, 5) is 2.45. The maximum Gasteiger partial charge on any atom is 0.0436 e. The Balaban J connectivity index is 2.18. The van der Waals surface area contributed by atoms with Crippen molar-refractivity contribution in [2.75, 3.05) is 18.0 Å². The van der Waals surface area contributed by atoms with Crippen LogP contribution in [0.2, 0.25) is 5.02 Å².